The molecule has 0 amide bonds. The summed E-state index contributed by atoms with van der Waals surface area (Å²) in [5.74, 6) is -7.65. The van der Waals surface area contributed by atoms with Crippen molar-refractivity contribution < 1.29 is 151 Å². The lowest BCUT2D eigenvalue weighted by Gasteiger charge is -2.51. The van der Waals surface area contributed by atoms with E-state index in [1.54, 1.807) is 0 Å². The molecule has 5 heterocycles. The van der Waals surface area contributed by atoms with Gasteiger partial charge in [-0.05, 0) is 5.92 Å². The van der Waals surface area contributed by atoms with E-state index >= 15 is 0 Å². The van der Waals surface area contributed by atoms with E-state index in [4.69, 9.17) is 56.1 Å². The van der Waals surface area contributed by atoms with Gasteiger partial charge in [0.15, 0.2) is 37.6 Å². The van der Waals surface area contributed by atoms with Gasteiger partial charge in [0.2, 0.25) is 0 Å². The van der Waals surface area contributed by atoms with Gasteiger partial charge in [-0.1, -0.05) is 34.6 Å². The van der Waals surface area contributed by atoms with Crippen molar-refractivity contribution in [3.05, 3.63) is 5.21 Å². The summed E-state index contributed by atoms with van der Waals surface area (Å²) in [7, 11) is -19.8. The van der Waals surface area contributed by atoms with E-state index in [1.807, 2.05) is 0 Å². The first-order chi connectivity index (χ1) is 34.1. The Kier molecular flexibility index (Phi) is 21.5. The Hall–Kier alpha value is -1.73. The van der Waals surface area contributed by atoms with E-state index in [-0.39, 0.29) is 0 Å². The van der Waals surface area contributed by atoms with Gasteiger partial charge in [-0.25, -0.2) is 21.5 Å². The van der Waals surface area contributed by atoms with Gasteiger partial charge in [-0.3, -0.25) is 18.2 Å². The first kappa shape index (κ1) is 63.1. The summed E-state index contributed by atoms with van der Waals surface area (Å²) < 4.78 is 206. The van der Waals surface area contributed by atoms with Gasteiger partial charge in [0.25, 0.3) is 0 Å². The van der Waals surface area contributed by atoms with Crippen LogP contribution >= 0.6 is 0 Å². The summed E-state index contributed by atoms with van der Waals surface area (Å²) in [6, 6.07) is 0. The van der Waals surface area contributed by atoms with Gasteiger partial charge in [0, 0.05) is 30.8 Å². The van der Waals surface area contributed by atoms with Crippen LogP contribution in [0.1, 0.15) is 34.6 Å². The Morgan fingerprint density at radius 2 is 0.932 bits per heavy atom. The predicted octanol–water partition coefficient (Wildman–Crippen LogP) is -5.44. The van der Waals surface area contributed by atoms with Crippen LogP contribution in [0.4, 0.5) is 0 Å². The summed E-state index contributed by atoms with van der Waals surface area (Å²) in [4.78, 5) is 12.6. The Bertz CT molecular complexity index is 2320. The number of aliphatic carboxylic acids is 1. The number of methoxy groups -OCH3 is 1. The molecule has 11 N–H and O–H groups in total. The zero-order valence-corrected chi connectivity index (χ0v) is 42.7. The van der Waals surface area contributed by atoms with Crippen LogP contribution in [0.2, 0.25) is 0 Å². The Morgan fingerprint density at radius 1 is 0.473 bits per heavy atom. The van der Waals surface area contributed by atoms with Gasteiger partial charge >= 0.3 is 47.6 Å². The maximum atomic E-state index is 12.6. The van der Waals surface area contributed by atoms with Crippen LogP contribution in [-0.2, 0) is 110 Å². The van der Waals surface area contributed by atoms with Crippen LogP contribution < -0.4 is 5.48 Å². The molecule has 39 heteroatoms. The molecule has 5 rings (SSSR count). The van der Waals surface area contributed by atoms with Crippen molar-refractivity contribution in [2.75, 3.05) is 26.9 Å². The first-order valence-corrected chi connectivity index (χ1v) is 27.5. The second-order valence-corrected chi connectivity index (χ2v) is 22.3. The highest BCUT2D eigenvalue weighted by Crippen LogP contribution is 2.41. The molecule has 0 bridgehead atoms. The minimum absolute atomic E-state index is 0.975. The third-order valence-corrected chi connectivity index (χ3v) is 14.8. The predicted molar refractivity (Wildman–Crippen MR) is 229 cm³/mol. The molecule has 0 aromatic rings. The Labute approximate surface area is 422 Å². The fourth-order valence-electron chi connectivity index (χ4n) is 8.81. The quantitative estimate of drug-likeness (QED) is 0.0356. The number of ether oxygens (including phenoxy) is 10. The average Bonchev–Trinajstić information content (AvgIpc) is 3.29. The third kappa shape index (κ3) is 16.0. The van der Waals surface area contributed by atoms with E-state index in [0.29, 0.717) is 0 Å². The van der Waals surface area contributed by atoms with Crippen LogP contribution in [0.5, 0.6) is 0 Å². The summed E-state index contributed by atoms with van der Waals surface area (Å²) in [5.41, 5.74) is 1.53. The molecule has 5 aliphatic rings. The lowest BCUT2D eigenvalue weighted by Crippen LogP contribution is -2.66. The number of hydrogen-bond donors (Lipinski definition) is 11. The van der Waals surface area contributed by atoms with Crippen LogP contribution in [0.3, 0.4) is 0 Å². The SMILES string of the molecule is CO[C@H]1OC(COS(=O)(=O)O)[C@@H](O[C@@H]2O[C@@H](N[O-])[C@@H](O[C@H]3OC(COS(=O)(=O)O)[C@@H](O[C@@H]4OC(C(=O)O)[C@@H](O[C@H]5OC(COS(=O)(=O)O)[C@@H](O)[C@H](O)C5C)[C@H](O)C4O)[C@H](C)C3C)C(C)C2OS(=O)(=O)O)[C@H](O)C1C. The van der Waals surface area contributed by atoms with Gasteiger partial charge in [0.05, 0.1) is 38.1 Å². The molecule has 35 nitrogen and oxygen atoms in total. The smallest absolute Gasteiger partial charge is 0.397 e. The molecule has 74 heavy (non-hydrogen) atoms. The average molecular weight is 1170 g/mol. The summed E-state index contributed by atoms with van der Waals surface area (Å²) in [6.07, 6.45) is -37.3. The lowest BCUT2D eigenvalue weighted by molar-refractivity contribution is -0.376. The van der Waals surface area contributed by atoms with Crippen molar-refractivity contribution >= 4 is 47.6 Å². The molecule has 5 fully saturated rings. The van der Waals surface area contributed by atoms with E-state index in [1.165, 1.54) is 47.2 Å². The van der Waals surface area contributed by atoms with Crippen LogP contribution in [0.25, 0.3) is 0 Å². The number of hydrogen-bond acceptors (Lipinski definition) is 30. The number of carbonyl (C=O) groups is 1. The van der Waals surface area contributed by atoms with E-state index < -0.39 is 220 Å². The van der Waals surface area contributed by atoms with Crippen molar-refractivity contribution in [1.29, 1.82) is 0 Å². The van der Waals surface area contributed by atoms with E-state index in [0.717, 1.165) is 0 Å². The van der Waals surface area contributed by atoms with Crippen LogP contribution in [0, 0.1) is 34.8 Å². The molecular weight excluding hydrogens is 1110 g/mol. The summed E-state index contributed by atoms with van der Waals surface area (Å²) in [6.45, 7) is 3.43. The molecule has 0 radical (unpaired) electrons. The second kappa shape index (κ2) is 25.2. The molecule has 0 saturated carbocycles. The monoisotopic (exact) mass is 1170 g/mol. The van der Waals surface area contributed by atoms with Crippen molar-refractivity contribution in [2.45, 2.75) is 158 Å². The zero-order valence-electron chi connectivity index (χ0n) is 39.5. The third-order valence-electron chi connectivity index (χ3n) is 13.0. The molecule has 0 aromatic carbocycles. The fraction of sp³-hybridized carbons (Fsp3) is 0.971. The molecule has 434 valence electrons. The summed E-state index contributed by atoms with van der Waals surface area (Å²) in [5, 5.41) is 77.7. The minimum Gasteiger partial charge on any atom is -0.786 e. The molecular formula is C35H60NO34S4-. The van der Waals surface area contributed by atoms with E-state index in [9.17, 15) is 88.0 Å². The number of aliphatic hydroxyl groups is 5. The first-order valence-electron chi connectivity index (χ1n) is 22.0. The molecule has 0 spiro atoms. The highest BCUT2D eigenvalue weighted by Gasteiger charge is 2.57. The number of hydroxylamine groups is 1. The molecule has 0 aromatic heterocycles. The lowest BCUT2D eigenvalue weighted by atomic mass is 9.84. The number of aliphatic hydroxyl groups excluding tert-OH is 5. The highest BCUT2D eigenvalue weighted by molar-refractivity contribution is 7.81. The van der Waals surface area contributed by atoms with Crippen LogP contribution in [-0.4, -0.2) is 239 Å². The zero-order chi connectivity index (χ0) is 55.7. The van der Waals surface area contributed by atoms with Gasteiger partial charge in [0.1, 0.15) is 67.3 Å². The molecule has 25 atom stereocenters. The van der Waals surface area contributed by atoms with Crippen molar-refractivity contribution in [2.24, 2.45) is 29.6 Å². The van der Waals surface area contributed by atoms with Gasteiger partial charge in [-0.15, -0.1) is 0 Å². The Balaban J connectivity index is 1.38. The minimum atomic E-state index is -5.47. The standard InChI is InChI=1S/C35H60NO34S4/c1-10-11(2)32(65-24-14(5)25(70-74(54,55)56)35(69-29(24)36-44)66-26-17(9-60-73(51,52)53)62-31(57-6)13(4)19(26)38)63-16(8-59-72(48,49)50)23(10)64-34-22(41)21(40)27(28(68-34)30(42)43)67-33-12(3)18(37)20(39)15(61-33)7-58-71(45,46)47/h10-29,31-41H,7-9H2,1-6H3,(H,42,43)(H,45,46,47)(H,48,49,50)(H,51,52,53)(H,54,55,56)/q-1/t10-,11?,12?,13?,14?,15?,16?,17?,18-,19-,20-,21-,22?,23+,24+,25?,26-,27+,28?,29-,31+,32-,33-,34-,35-/m1/s1. The topological polar surface area (TPSA) is 520 Å². The van der Waals surface area contributed by atoms with Crippen LogP contribution in [0.15, 0.2) is 0 Å². The Morgan fingerprint density at radius 3 is 1.45 bits per heavy atom. The summed E-state index contributed by atoms with van der Waals surface area (Å²) >= 11 is 0. The van der Waals surface area contributed by atoms with Gasteiger partial charge < -0.3 is 88.7 Å². The van der Waals surface area contributed by atoms with Crippen molar-refractivity contribution in [1.82, 2.24) is 5.48 Å². The largest absolute Gasteiger partial charge is 0.786 e. The number of carboxylic acids is 1. The fourth-order valence-corrected chi connectivity index (χ4v) is 10.3. The second-order valence-electron chi connectivity index (χ2n) is 17.9. The maximum absolute atomic E-state index is 12.6. The maximum Gasteiger partial charge on any atom is 0.397 e. The molecule has 10 unspecified atom stereocenters. The van der Waals surface area contributed by atoms with Crippen molar-refractivity contribution in [3.63, 3.8) is 0 Å². The number of rotatable bonds is 22. The molecule has 5 saturated heterocycles. The van der Waals surface area contributed by atoms with Gasteiger partial charge in [-0.2, -0.15) is 33.7 Å². The normalized spacial score (nSPS) is 44.0. The van der Waals surface area contributed by atoms with Crippen molar-refractivity contribution in [3.8, 4) is 0 Å². The number of carboxylic acid groups (broad SMARTS) is 1. The molecule has 0 aliphatic carbocycles. The number of nitrogens with one attached hydrogen (secondary N) is 1. The highest BCUT2D eigenvalue weighted by atomic mass is 32.3. The molecule has 5 aliphatic heterocycles. The van der Waals surface area contributed by atoms with E-state index in [2.05, 4.69) is 12.5 Å².